The Kier molecular flexibility index (Phi) is 7.64. The van der Waals surface area contributed by atoms with E-state index in [0.29, 0.717) is 0 Å². The zero-order valence-electron chi connectivity index (χ0n) is 25.7. The average molecular weight is 544 g/mol. The minimum absolute atomic E-state index is 0.161. The van der Waals surface area contributed by atoms with Gasteiger partial charge in [-0.2, -0.15) is 0 Å². The molecule has 3 nitrogen and oxygen atoms in total. The van der Waals surface area contributed by atoms with Crippen molar-refractivity contribution >= 4 is 35.1 Å². The first kappa shape index (κ1) is 30.5. The third kappa shape index (κ3) is 5.65. The highest BCUT2D eigenvalue weighted by Gasteiger charge is 2.60. The zero-order valence-corrected chi connectivity index (χ0v) is 27.3. The van der Waals surface area contributed by atoms with Crippen molar-refractivity contribution in [3.63, 3.8) is 0 Å². The molecule has 1 heterocycles. The van der Waals surface area contributed by atoms with Gasteiger partial charge in [0, 0.05) is 28.8 Å². The lowest BCUT2D eigenvalue weighted by Crippen LogP contribution is -2.48. The molecule has 0 N–H and O–H groups in total. The average Bonchev–Trinajstić information content (AvgIpc) is 2.93. The highest BCUT2D eigenvalue weighted by atomic mass is 32.2. The fourth-order valence-electron chi connectivity index (χ4n) is 5.33. The van der Waals surface area contributed by atoms with Gasteiger partial charge in [0.2, 0.25) is 0 Å². The molecule has 0 saturated carbocycles. The highest BCUT2D eigenvalue weighted by Crippen LogP contribution is 2.66. The third-order valence-electron chi connectivity index (χ3n) is 7.42. The number of ketones is 2. The molecule has 2 aliphatic carbocycles. The van der Waals surface area contributed by atoms with Gasteiger partial charge in [0.05, 0.1) is 14.1 Å². The van der Waals surface area contributed by atoms with E-state index in [-0.39, 0.29) is 37.8 Å². The summed E-state index contributed by atoms with van der Waals surface area (Å²) in [4.78, 5) is 30.1. The molecule has 0 aromatic rings. The van der Waals surface area contributed by atoms with Crippen molar-refractivity contribution in [3.8, 4) is 0 Å². The molecule has 2 spiro atoms. The molecule has 0 bridgehead atoms. The van der Waals surface area contributed by atoms with Crippen LogP contribution in [0.1, 0.15) is 83.1 Å². The Morgan fingerprint density at radius 3 is 1.03 bits per heavy atom. The molecular formula is C32H49NO2S2. The summed E-state index contributed by atoms with van der Waals surface area (Å²) in [7, 11) is 4.24. The molecule has 5 heteroatoms. The van der Waals surface area contributed by atoms with Gasteiger partial charge in [0.1, 0.15) is 0 Å². The first-order valence-corrected chi connectivity index (χ1v) is 15.2. The van der Waals surface area contributed by atoms with Crippen molar-refractivity contribution in [2.75, 3.05) is 20.6 Å². The Balaban J connectivity index is 2.48. The van der Waals surface area contributed by atoms with E-state index in [4.69, 9.17) is 0 Å². The highest BCUT2D eigenvalue weighted by molar-refractivity contribution is 8.22. The van der Waals surface area contributed by atoms with Gasteiger partial charge in [0.25, 0.3) is 0 Å². The molecule has 0 unspecified atom stereocenters. The van der Waals surface area contributed by atoms with E-state index in [9.17, 15) is 9.59 Å². The molecule has 1 saturated heterocycles. The SMILES string of the molecule is CN(C)CC1SC2(C=C(C(C)(C)C)C(=O)C(C(C)(C)C)=C2)C2(C=C(C(C)(C)C)C(=O)C(C(C)(C)C)=C2)S1. The third-order valence-corrected chi connectivity index (χ3v) is 10.9. The van der Waals surface area contributed by atoms with Gasteiger partial charge in [-0.1, -0.05) is 107 Å². The Morgan fingerprint density at radius 2 is 0.838 bits per heavy atom. The van der Waals surface area contributed by atoms with Gasteiger partial charge in [-0.05, 0) is 35.8 Å². The van der Waals surface area contributed by atoms with E-state index in [1.807, 2.05) is 23.5 Å². The molecule has 0 aromatic heterocycles. The number of rotatable bonds is 2. The van der Waals surface area contributed by atoms with E-state index in [1.165, 1.54) is 0 Å². The quantitative estimate of drug-likeness (QED) is 0.354. The van der Waals surface area contributed by atoms with E-state index < -0.39 is 9.49 Å². The summed E-state index contributed by atoms with van der Waals surface area (Å²) < 4.78 is -0.683. The molecule has 3 aliphatic rings. The second kappa shape index (κ2) is 9.27. The van der Waals surface area contributed by atoms with E-state index in [1.54, 1.807) is 0 Å². The monoisotopic (exact) mass is 543 g/mol. The minimum Gasteiger partial charge on any atom is -0.307 e. The number of fused-ring (bicyclic) bond motifs is 1. The van der Waals surface area contributed by atoms with Crippen LogP contribution in [0.5, 0.6) is 0 Å². The molecule has 206 valence electrons. The van der Waals surface area contributed by atoms with Crippen LogP contribution in [0, 0.1) is 21.7 Å². The Morgan fingerprint density at radius 1 is 0.595 bits per heavy atom. The molecule has 37 heavy (non-hydrogen) atoms. The lowest BCUT2D eigenvalue weighted by molar-refractivity contribution is -0.115. The predicted octanol–water partition coefficient (Wildman–Crippen LogP) is 7.89. The molecule has 0 amide bonds. The largest absolute Gasteiger partial charge is 0.307 e. The fraction of sp³-hybridized carbons (Fsp3) is 0.688. The number of nitrogens with zero attached hydrogens (tertiary/aromatic N) is 1. The lowest BCUT2D eigenvalue weighted by Gasteiger charge is -2.46. The second-order valence-corrected chi connectivity index (χ2v) is 18.7. The number of Topliss-reactive ketones (excluding diaryl/α,β-unsaturated/α-hetero) is 2. The standard InChI is InChI=1S/C32H49NO2S2/c1-27(2,3)20-15-31(16-21(25(20)34)28(4,5)6)32(37-24(36-31)19-33(13)14)17-22(29(7,8)9)26(35)23(18-32)30(10,11)12/h15-18,24H,19H2,1-14H3. The van der Waals surface area contributed by atoms with Crippen LogP contribution in [-0.4, -0.2) is 51.2 Å². The smallest absolute Gasteiger partial charge is 0.185 e. The van der Waals surface area contributed by atoms with Gasteiger partial charge in [-0.3, -0.25) is 9.59 Å². The summed E-state index contributed by atoms with van der Waals surface area (Å²) in [5, 5.41) is 0. The maximum absolute atomic E-state index is 13.9. The lowest BCUT2D eigenvalue weighted by atomic mass is 9.65. The number of hydrogen-bond acceptors (Lipinski definition) is 5. The van der Waals surface area contributed by atoms with Gasteiger partial charge in [-0.15, -0.1) is 23.5 Å². The van der Waals surface area contributed by atoms with Gasteiger partial charge < -0.3 is 4.90 Å². The summed E-state index contributed by atoms with van der Waals surface area (Å²) >= 11 is 3.90. The van der Waals surface area contributed by atoms with Crippen molar-refractivity contribution in [2.24, 2.45) is 21.7 Å². The van der Waals surface area contributed by atoms with Gasteiger partial charge in [0.15, 0.2) is 11.6 Å². The number of carbonyl (C=O) groups excluding carboxylic acids is 2. The molecule has 0 radical (unpaired) electrons. The first-order chi connectivity index (χ1) is 16.4. The van der Waals surface area contributed by atoms with Crippen molar-refractivity contribution < 1.29 is 9.59 Å². The van der Waals surface area contributed by atoms with Crippen molar-refractivity contribution in [3.05, 3.63) is 46.6 Å². The predicted molar refractivity (Wildman–Crippen MR) is 163 cm³/mol. The maximum Gasteiger partial charge on any atom is 0.185 e. The van der Waals surface area contributed by atoms with Gasteiger partial charge >= 0.3 is 0 Å². The van der Waals surface area contributed by atoms with E-state index >= 15 is 0 Å². The summed E-state index contributed by atoms with van der Waals surface area (Å²) in [5.74, 6) is 0.323. The molecule has 1 fully saturated rings. The van der Waals surface area contributed by atoms with Crippen LogP contribution in [0.2, 0.25) is 0 Å². The van der Waals surface area contributed by atoms with Crippen molar-refractivity contribution in [1.29, 1.82) is 0 Å². The maximum atomic E-state index is 13.9. The normalized spacial score (nSPS) is 23.0. The van der Waals surface area contributed by atoms with Crippen molar-refractivity contribution in [2.45, 2.75) is 97.2 Å². The van der Waals surface area contributed by atoms with Crippen LogP contribution in [0.3, 0.4) is 0 Å². The number of allylic oxidation sites excluding steroid dienone is 4. The van der Waals surface area contributed by atoms with E-state index in [0.717, 1.165) is 28.8 Å². The minimum atomic E-state index is -0.481. The molecule has 1 aliphatic heterocycles. The number of carbonyl (C=O) groups is 2. The molecule has 3 rings (SSSR count). The summed E-state index contributed by atoms with van der Waals surface area (Å²) in [6, 6.07) is 0. The Hall–Kier alpha value is -1.04. The van der Waals surface area contributed by atoms with Crippen LogP contribution >= 0.6 is 23.5 Å². The van der Waals surface area contributed by atoms with Crippen molar-refractivity contribution in [1.82, 2.24) is 4.90 Å². The van der Waals surface area contributed by atoms with E-state index in [2.05, 4.69) is 126 Å². The van der Waals surface area contributed by atoms with Gasteiger partial charge in [-0.25, -0.2) is 0 Å². The molecule has 0 atom stereocenters. The Bertz CT molecular complexity index is 953. The second-order valence-electron chi connectivity index (χ2n) is 15.4. The Labute approximate surface area is 235 Å². The first-order valence-electron chi connectivity index (χ1n) is 13.5. The summed E-state index contributed by atoms with van der Waals surface area (Å²) in [6.45, 7) is 26.6. The summed E-state index contributed by atoms with van der Waals surface area (Å²) in [5.41, 5.74) is 2.35. The van der Waals surface area contributed by atoms with Crippen LogP contribution in [0.15, 0.2) is 46.6 Å². The van der Waals surface area contributed by atoms with Crippen LogP contribution in [-0.2, 0) is 9.59 Å². The zero-order chi connectivity index (χ0) is 28.6. The molecule has 0 aromatic carbocycles. The molecular weight excluding hydrogens is 494 g/mol. The summed E-state index contributed by atoms with van der Waals surface area (Å²) in [6.07, 6.45) is 9.12. The topological polar surface area (TPSA) is 37.4 Å². The van der Waals surface area contributed by atoms with Crippen LogP contribution < -0.4 is 0 Å². The van der Waals surface area contributed by atoms with Crippen LogP contribution in [0.25, 0.3) is 0 Å². The van der Waals surface area contributed by atoms with Crippen LogP contribution in [0.4, 0.5) is 0 Å². The fourth-order valence-corrected chi connectivity index (χ4v) is 9.72. The number of hydrogen-bond donors (Lipinski definition) is 0. The number of thioether (sulfide) groups is 2.